The van der Waals surface area contributed by atoms with Crippen molar-refractivity contribution in [2.45, 2.75) is 89.1 Å². The van der Waals surface area contributed by atoms with E-state index in [0.29, 0.717) is 11.1 Å². The normalized spacial score (nSPS) is 13.0. The highest BCUT2D eigenvalue weighted by Gasteiger charge is 2.33. The highest BCUT2D eigenvalue weighted by Crippen LogP contribution is 2.20. The molecule has 0 saturated carbocycles. The number of fused-ring (bicyclic) bond motifs is 1. The first kappa shape index (κ1) is 47.2. The first-order chi connectivity index (χ1) is 29.4. The molecule has 0 aliphatic carbocycles. The van der Waals surface area contributed by atoms with Crippen molar-refractivity contribution in [1.29, 1.82) is 0 Å². The van der Waals surface area contributed by atoms with E-state index in [2.05, 4.69) is 36.9 Å². The largest absolute Gasteiger partial charge is 0.481 e. The van der Waals surface area contributed by atoms with Crippen LogP contribution in [0.5, 0.6) is 0 Å². The molecule has 20 nitrogen and oxygen atoms in total. The number of aromatic nitrogens is 1. The number of urea groups is 1. The number of hydrogen-bond donors (Lipinski definition) is 9. The number of unbranched alkanes of at least 4 members (excludes halogenated alkanes) is 1. The smallest absolute Gasteiger partial charge is 0.408 e. The van der Waals surface area contributed by atoms with Gasteiger partial charge < -0.3 is 52.5 Å². The molecule has 330 valence electrons. The van der Waals surface area contributed by atoms with Gasteiger partial charge in [0.2, 0.25) is 23.6 Å². The maximum Gasteiger partial charge on any atom is 0.408 e. The Bertz CT molecular complexity index is 2240. The zero-order chi connectivity index (χ0) is 45.4. The number of primary amides is 1. The van der Waals surface area contributed by atoms with Crippen LogP contribution in [0.3, 0.4) is 0 Å². The molecule has 3 unspecified atom stereocenters. The predicted octanol–water partition coefficient (Wildman–Crippen LogP) is 3.16. The molecule has 1 heterocycles. The van der Waals surface area contributed by atoms with Crippen LogP contribution < -0.4 is 37.6 Å². The number of rotatable bonds is 21. The number of nitrogens with one attached hydrogen (secondary N) is 7. The molecule has 1 aromatic heterocycles. The highest BCUT2D eigenvalue weighted by molar-refractivity contribution is 5.97. The summed E-state index contributed by atoms with van der Waals surface area (Å²) in [7, 11) is 0. The van der Waals surface area contributed by atoms with Gasteiger partial charge in [-0.25, -0.2) is 9.59 Å². The van der Waals surface area contributed by atoms with Crippen LogP contribution in [0.1, 0.15) is 57.6 Å². The maximum absolute atomic E-state index is 14.1. The highest BCUT2D eigenvalue weighted by atomic mass is 16.6. The van der Waals surface area contributed by atoms with Crippen LogP contribution in [0.2, 0.25) is 0 Å². The number of carboxylic acid groups (broad SMARTS) is 1. The summed E-state index contributed by atoms with van der Waals surface area (Å²) in [5.74, 6) is -5.16. The number of nitrogens with two attached hydrogens (primary N) is 1. The summed E-state index contributed by atoms with van der Waals surface area (Å²) >= 11 is 0. The van der Waals surface area contributed by atoms with E-state index in [4.69, 9.17) is 10.5 Å². The van der Waals surface area contributed by atoms with E-state index in [1.807, 2.05) is 18.2 Å². The molecule has 0 saturated heterocycles. The van der Waals surface area contributed by atoms with Crippen LogP contribution >= 0.6 is 0 Å². The van der Waals surface area contributed by atoms with Crippen LogP contribution in [0.25, 0.3) is 10.9 Å². The fraction of sp³-hybridized carbons (Fsp3) is 0.357. The molecule has 0 aliphatic heterocycles. The van der Waals surface area contributed by atoms with E-state index in [0.717, 1.165) is 10.9 Å². The van der Waals surface area contributed by atoms with E-state index in [-0.39, 0.29) is 50.0 Å². The number of non-ortho nitro benzene ring substituents is 1. The fourth-order valence-electron chi connectivity index (χ4n) is 6.27. The number of carbonyl (C=O) groups is 7. The van der Waals surface area contributed by atoms with Crippen molar-refractivity contribution in [3.8, 4) is 0 Å². The lowest BCUT2D eigenvalue weighted by atomic mass is 10.0. The summed E-state index contributed by atoms with van der Waals surface area (Å²) in [6.07, 6.45) is 0.126. The third-order valence-electron chi connectivity index (χ3n) is 9.21. The molecule has 0 bridgehead atoms. The Labute approximate surface area is 356 Å². The second kappa shape index (κ2) is 22.2. The van der Waals surface area contributed by atoms with E-state index < -0.39 is 82.8 Å². The first-order valence-corrected chi connectivity index (χ1v) is 19.7. The number of H-pyrrole nitrogens is 1. The molecule has 7 amide bonds. The molecule has 0 fully saturated rings. The molecule has 20 heteroatoms. The number of nitrogens with zero attached hydrogens (tertiary/aromatic N) is 1. The molecule has 0 radical (unpaired) electrons. The number of carboxylic acids is 1. The average Bonchev–Trinajstić information content (AvgIpc) is 3.61. The van der Waals surface area contributed by atoms with Gasteiger partial charge >= 0.3 is 18.1 Å². The first-order valence-electron chi connectivity index (χ1n) is 19.7. The number of anilines is 1. The van der Waals surface area contributed by atoms with Crippen LogP contribution in [0.15, 0.2) is 85.1 Å². The number of aliphatic carboxylic acids is 1. The fourth-order valence-corrected chi connectivity index (χ4v) is 6.27. The number of benzene rings is 3. The number of aromatic amines is 1. The van der Waals surface area contributed by atoms with E-state index >= 15 is 0 Å². The van der Waals surface area contributed by atoms with Gasteiger partial charge in [0, 0.05) is 54.3 Å². The number of nitro benzene ring substituents is 1. The minimum absolute atomic E-state index is 0.0197. The monoisotopic (exact) mass is 857 g/mol. The number of nitro groups is 1. The number of para-hydroxylation sites is 1. The summed E-state index contributed by atoms with van der Waals surface area (Å²) in [6, 6.07) is 14.8. The van der Waals surface area contributed by atoms with Crippen molar-refractivity contribution < 1.29 is 48.3 Å². The standard InChI is InChI=1S/C42H51N9O11/c1-42(2,3)62-41(59)50-33(21-26-24-45-30-17-8-7-16-29(26)30)38(56)47-31(18-9-10-19-44-40(58)46-27-14-11-15-28(22-27)51(60)61)37(55)49-34(23-35(52)53)39(57)48-32(36(43)54)20-25-12-5-4-6-13-25/h4-8,11-17,22,24,31-34,45H,9-10,18-21,23H2,1-3H3,(H2,43,54)(H,47,56)(H,48,57)(H,49,55)(H,50,59)(H,52,53)(H2,44,46,58)/t31-,32?,33?,34?/m0/s1. The SMILES string of the molecule is CC(C)(C)OC(=O)NC(Cc1c[nH]c2ccccc12)C(=O)N[C@@H](CCCCNC(=O)Nc1cccc([N+](=O)[O-])c1)C(=O)NC(CC(=O)O)C(=O)NC(Cc1ccccc1)C(N)=O. The van der Waals surface area contributed by atoms with E-state index in [1.165, 1.54) is 24.3 Å². The number of alkyl carbamates (subject to hydrolysis) is 1. The van der Waals surface area contributed by atoms with E-state index in [9.17, 15) is 48.8 Å². The van der Waals surface area contributed by atoms with Crippen molar-refractivity contribution in [2.75, 3.05) is 11.9 Å². The molecule has 4 rings (SSSR count). The molecule has 10 N–H and O–H groups in total. The number of amides is 7. The Morgan fingerprint density at radius 2 is 1.44 bits per heavy atom. The van der Waals surface area contributed by atoms with Gasteiger partial charge in [0.25, 0.3) is 5.69 Å². The zero-order valence-electron chi connectivity index (χ0n) is 34.4. The summed E-state index contributed by atoms with van der Waals surface area (Å²) in [4.78, 5) is 105. The molecule has 0 aliphatic rings. The Balaban J connectivity index is 1.53. The maximum atomic E-state index is 14.1. The van der Waals surface area contributed by atoms with Crippen molar-refractivity contribution in [3.05, 3.63) is 106 Å². The van der Waals surface area contributed by atoms with Gasteiger partial charge in [-0.1, -0.05) is 54.6 Å². The van der Waals surface area contributed by atoms with Crippen molar-refractivity contribution >= 4 is 64.0 Å². The second-order valence-electron chi connectivity index (χ2n) is 15.3. The van der Waals surface area contributed by atoms with Gasteiger partial charge in [0.15, 0.2) is 0 Å². The minimum Gasteiger partial charge on any atom is -0.481 e. The Morgan fingerprint density at radius 1 is 0.790 bits per heavy atom. The van der Waals surface area contributed by atoms with Gasteiger partial charge in [-0.2, -0.15) is 0 Å². The third kappa shape index (κ3) is 15.3. The van der Waals surface area contributed by atoms with Crippen LogP contribution in [0, 0.1) is 10.1 Å². The molecule has 4 aromatic rings. The van der Waals surface area contributed by atoms with Crippen LogP contribution in [-0.2, 0) is 41.6 Å². The van der Waals surface area contributed by atoms with Crippen molar-refractivity contribution in [1.82, 2.24) is 31.6 Å². The van der Waals surface area contributed by atoms with Gasteiger partial charge in [-0.15, -0.1) is 0 Å². The lowest BCUT2D eigenvalue weighted by Gasteiger charge is -2.27. The van der Waals surface area contributed by atoms with E-state index in [1.54, 1.807) is 63.4 Å². The molecule has 4 atom stereocenters. The second-order valence-corrected chi connectivity index (χ2v) is 15.3. The molecule has 3 aromatic carbocycles. The number of ether oxygens (including phenoxy) is 1. The molecule has 62 heavy (non-hydrogen) atoms. The minimum atomic E-state index is -1.72. The van der Waals surface area contributed by atoms with Gasteiger partial charge in [0.05, 0.1) is 11.3 Å². The summed E-state index contributed by atoms with van der Waals surface area (Å²) in [6.45, 7) is 4.99. The number of carbonyl (C=O) groups excluding carboxylic acids is 6. The number of hydrogen-bond acceptors (Lipinski definition) is 10. The topological polar surface area (TPSA) is 306 Å². The zero-order valence-corrected chi connectivity index (χ0v) is 34.4. The molecular formula is C42H51N9O11. The Kier molecular flexibility index (Phi) is 16.9. The van der Waals surface area contributed by atoms with Crippen molar-refractivity contribution in [3.63, 3.8) is 0 Å². The van der Waals surface area contributed by atoms with Gasteiger partial charge in [-0.05, 0) is 63.3 Å². The Hall–Kier alpha value is -7.51. The summed E-state index contributed by atoms with van der Waals surface area (Å²) < 4.78 is 5.42. The molecular weight excluding hydrogens is 807 g/mol. The summed E-state index contributed by atoms with van der Waals surface area (Å²) in [5.41, 5.74) is 6.68. The third-order valence-corrected chi connectivity index (χ3v) is 9.21. The predicted molar refractivity (Wildman–Crippen MR) is 227 cm³/mol. The summed E-state index contributed by atoms with van der Waals surface area (Å²) in [5, 5.41) is 36.7. The molecule has 0 spiro atoms. The van der Waals surface area contributed by atoms with Crippen LogP contribution in [0.4, 0.5) is 21.0 Å². The van der Waals surface area contributed by atoms with Crippen molar-refractivity contribution in [2.24, 2.45) is 5.73 Å². The van der Waals surface area contributed by atoms with Gasteiger partial charge in [0.1, 0.15) is 29.8 Å². The average molecular weight is 858 g/mol. The van der Waals surface area contributed by atoms with Gasteiger partial charge in [-0.3, -0.25) is 34.1 Å². The lowest BCUT2D eigenvalue weighted by Crippen LogP contribution is -2.59. The lowest BCUT2D eigenvalue weighted by molar-refractivity contribution is -0.384. The Morgan fingerprint density at radius 3 is 2.11 bits per heavy atom. The quantitative estimate of drug-likeness (QED) is 0.0333. The van der Waals surface area contributed by atoms with Crippen LogP contribution in [-0.4, -0.2) is 93.0 Å².